The Morgan fingerprint density at radius 3 is 2.58 bits per heavy atom. The van der Waals surface area contributed by atoms with Gasteiger partial charge in [0, 0.05) is 50.6 Å². The lowest BCUT2D eigenvalue weighted by molar-refractivity contribution is 0.496. The molecular weight excluding hydrogens is 300 g/mol. The summed E-state index contributed by atoms with van der Waals surface area (Å²) in [5.41, 5.74) is 1.18. The maximum absolute atomic E-state index is 4.76. The summed E-state index contributed by atoms with van der Waals surface area (Å²) in [6.45, 7) is 6.23. The molecule has 2 saturated heterocycles. The van der Waals surface area contributed by atoms with E-state index in [1.165, 1.54) is 25.0 Å². The van der Waals surface area contributed by atoms with E-state index in [1.807, 2.05) is 13.1 Å². The fourth-order valence-corrected chi connectivity index (χ4v) is 3.77. The Labute approximate surface area is 143 Å². The van der Waals surface area contributed by atoms with Crippen LogP contribution in [0.1, 0.15) is 43.1 Å². The third-order valence-corrected chi connectivity index (χ3v) is 4.99. The van der Waals surface area contributed by atoms with Crippen LogP contribution in [0, 0.1) is 6.92 Å². The summed E-state index contributed by atoms with van der Waals surface area (Å²) in [5.74, 6) is 3.38. The van der Waals surface area contributed by atoms with Crippen molar-refractivity contribution in [3.63, 3.8) is 0 Å². The van der Waals surface area contributed by atoms with Gasteiger partial charge in [0.05, 0.1) is 11.9 Å². The summed E-state index contributed by atoms with van der Waals surface area (Å²) >= 11 is 0. The molecule has 6 nitrogen and oxygen atoms in total. The molecule has 1 unspecified atom stereocenters. The molecule has 4 heterocycles. The fourth-order valence-electron chi connectivity index (χ4n) is 3.77. The van der Waals surface area contributed by atoms with Gasteiger partial charge >= 0.3 is 0 Å². The van der Waals surface area contributed by atoms with E-state index in [-0.39, 0.29) is 0 Å². The van der Waals surface area contributed by atoms with Crippen LogP contribution in [0.2, 0.25) is 0 Å². The maximum atomic E-state index is 4.76. The lowest BCUT2D eigenvalue weighted by Gasteiger charge is -2.33. The summed E-state index contributed by atoms with van der Waals surface area (Å²) in [6.07, 6.45) is 10.2. The van der Waals surface area contributed by atoms with Crippen LogP contribution in [0.15, 0.2) is 24.7 Å². The molecule has 2 aliphatic heterocycles. The van der Waals surface area contributed by atoms with E-state index in [4.69, 9.17) is 4.98 Å². The second kappa shape index (κ2) is 6.71. The highest BCUT2D eigenvalue weighted by atomic mass is 15.2. The van der Waals surface area contributed by atoms with Crippen LogP contribution in [0.25, 0.3) is 0 Å². The number of hydrogen-bond donors (Lipinski definition) is 0. The Morgan fingerprint density at radius 2 is 1.79 bits per heavy atom. The number of nitrogens with zero attached hydrogens (tertiary/aromatic N) is 6. The molecule has 0 radical (unpaired) electrons. The molecule has 0 bridgehead atoms. The van der Waals surface area contributed by atoms with E-state index in [1.54, 1.807) is 12.4 Å². The molecule has 0 aromatic carbocycles. The van der Waals surface area contributed by atoms with E-state index < -0.39 is 0 Å². The zero-order valence-corrected chi connectivity index (χ0v) is 14.2. The van der Waals surface area contributed by atoms with Gasteiger partial charge in [0.2, 0.25) is 0 Å². The van der Waals surface area contributed by atoms with Crippen molar-refractivity contribution in [3.8, 4) is 0 Å². The van der Waals surface area contributed by atoms with Crippen LogP contribution >= 0.6 is 0 Å². The molecule has 0 N–H and O–H groups in total. The Morgan fingerprint density at radius 1 is 0.958 bits per heavy atom. The van der Waals surface area contributed by atoms with Crippen molar-refractivity contribution in [2.45, 2.75) is 38.5 Å². The number of rotatable bonds is 3. The Hall–Kier alpha value is -2.24. The molecule has 2 aliphatic rings. The molecule has 2 aromatic heterocycles. The summed E-state index contributed by atoms with van der Waals surface area (Å²) in [4.78, 5) is 22.8. The average molecular weight is 324 g/mol. The van der Waals surface area contributed by atoms with E-state index in [2.05, 4.69) is 30.8 Å². The second-order valence-corrected chi connectivity index (χ2v) is 6.74. The van der Waals surface area contributed by atoms with Crippen molar-refractivity contribution in [3.05, 3.63) is 36.2 Å². The third kappa shape index (κ3) is 3.18. The number of piperidine rings is 1. The molecule has 0 amide bonds. The lowest BCUT2D eigenvalue weighted by Crippen LogP contribution is -2.35. The van der Waals surface area contributed by atoms with Gasteiger partial charge < -0.3 is 9.80 Å². The number of aryl methyl sites for hydroxylation is 1. The molecule has 126 valence electrons. The molecule has 4 rings (SSSR count). The van der Waals surface area contributed by atoms with E-state index in [9.17, 15) is 0 Å². The molecular formula is C18H24N6. The van der Waals surface area contributed by atoms with Crippen LogP contribution in [0.4, 0.5) is 11.6 Å². The smallest absolute Gasteiger partial charge is 0.147 e. The zero-order chi connectivity index (χ0) is 16.4. The molecule has 24 heavy (non-hydrogen) atoms. The van der Waals surface area contributed by atoms with Gasteiger partial charge in [-0.1, -0.05) is 0 Å². The van der Waals surface area contributed by atoms with Gasteiger partial charge in [-0.3, -0.25) is 4.98 Å². The van der Waals surface area contributed by atoms with E-state index in [0.717, 1.165) is 50.1 Å². The summed E-state index contributed by atoms with van der Waals surface area (Å²) < 4.78 is 0. The molecule has 2 aromatic rings. The van der Waals surface area contributed by atoms with Crippen LogP contribution in [-0.2, 0) is 0 Å². The number of aromatic nitrogens is 4. The predicted octanol–water partition coefficient (Wildman–Crippen LogP) is 2.56. The van der Waals surface area contributed by atoms with Crippen LogP contribution in [0.5, 0.6) is 0 Å². The van der Waals surface area contributed by atoms with E-state index in [0.29, 0.717) is 5.92 Å². The minimum absolute atomic E-state index is 0.434. The standard InChI is InChI=1S/C18H24N6/c1-14-21-16(11-17(22-14)23-8-2-3-9-23)15-5-4-10-24(13-15)18-12-19-6-7-20-18/h6-7,11-12,15H,2-5,8-10,13H2,1H3. The maximum Gasteiger partial charge on any atom is 0.147 e. The van der Waals surface area contributed by atoms with Gasteiger partial charge in [-0.25, -0.2) is 15.0 Å². The highest BCUT2D eigenvalue weighted by Gasteiger charge is 2.25. The molecule has 2 fully saturated rings. The number of hydrogen-bond acceptors (Lipinski definition) is 6. The quantitative estimate of drug-likeness (QED) is 0.865. The van der Waals surface area contributed by atoms with Crippen molar-refractivity contribution >= 4 is 11.6 Å². The van der Waals surface area contributed by atoms with Crippen molar-refractivity contribution in [1.29, 1.82) is 0 Å². The molecule has 1 atom stereocenters. The number of anilines is 2. The van der Waals surface area contributed by atoms with Gasteiger partial charge in [-0.15, -0.1) is 0 Å². The Kier molecular flexibility index (Phi) is 4.28. The molecule has 0 aliphatic carbocycles. The van der Waals surface area contributed by atoms with Crippen molar-refractivity contribution in [2.24, 2.45) is 0 Å². The van der Waals surface area contributed by atoms with Crippen LogP contribution < -0.4 is 9.80 Å². The SMILES string of the molecule is Cc1nc(C2CCCN(c3cnccn3)C2)cc(N2CCCC2)n1. The van der Waals surface area contributed by atoms with Crippen LogP contribution in [0.3, 0.4) is 0 Å². The molecule has 0 saturated carbocycles. The molecule has 6 heteroatoms. The van der Waals surface area contributed by atoms with Gasteiger partial charge in [-0.2, -0.15) is 0 Å². The van der Waals surface area contributed by atoms with Crippen molar-refractivity contribution < 1.29 is 0 Å². The Balaban J connectivity index is 1.56. The summed E-state index contributed by atoms with van der Waals surface area (Å²) in [5, 5.41) is 0. The first-order chi connectivity index (χ1) is 11.8. The normalized spacial score (nSPS) is 21.3. The van der Waals surface area contributed by atoms with Gasteiger partial charge in [0.25, 0.3) is 0 Å². The van der Waals surface area contributed by atoms with Gasteiger partial charge in [0.1, 0.15) is 17.5 Å². The Bertz CT molecular complexity index is 683. The predicted molar refractivity (Wildman–Crippen MR) is 94.4 cm³/mol. The minimum atomic E-state index is 0.434. The average Bonchev–Trinajstić information content (AvgIpc) is 3.17. The third-order valence-electron chi connectivity index (χ3n) is 4.99. The van der Waals surface area contributed by atoms with Crippen molar-refractivity contribution in [1.82, 2.24) is 19.9 Å². The highest BCUT2D eigenvalue weighted by Crippen LogP contribution is 2.30. The fraction of sp³-hybridized carbons (Fsp3) is 0.556. The second-order valence-electron chi connectivity index (χ2n) is 6.74. The van der Waals surface area contributed by atoms with Gasteiger partial charge in [0.15, 0.2) is 0 Å². The van der Waals surface area contributed by atoms with Gasteiger partial charge in [-0.05, 0) is 32.6 Å². The van der Waals surface area contributed by atoms with Crippen molar-refractivity contribution in [2.75, 3.05) is 36.0 Å². The molecule has 0 spiro atoms. The summed E-state index contributed by atoms with van der Waals surface area (Å²) in [7, 11) is 0. The zero-order valence-electron chi connectivity index (χ0n) is 14.2. The lowest BCUT2D eigenvalue weighted by atomic mass is 9.94. The summed E-state index contributed by atoms with van der Waals surface area (Å²) in [6, 6.07) is 2.21. The first-order valence-electron chi connectivity index (χ1n) is 8.91. The monoisotopic (exact) mass is 324 g/mol. The first kappa shape index (κ1) is 15.3. The largest absolute Gasteiger partial charge is 0.357 e. The first-order valence-corrected chi connectivity index (χ1v) is 8.91. The van der Waals surface area contributed by atoms with Crippen LogP contribution in [-0.4, -0.2) is 46.1 Å². The highest BCUT2D eigenvalue weighted by molar-refractivity contribution is 5.43. The van der Waals surface area contributed by atoms with E-state index >= 15 is 0 Å². The topological polar surface area (TPSA) is 58.0 Å². The minimum Gasteiger partial charge on any atom is -0.357 e.